The number of rotatable bonds is 1. The lowest BCUT2D eigenvalue weighted by Gasteiger charge is -1.75. The second-order valence-corrected chi connectivity index (χ2v) is 1.41. The van der Waals surface area contributed by atoms with Gasteiger partial charge in [-0.15, -0.1) is 0 Å². The molecule has 0 amide bonds. The molecule has 2 nitrogen and oxygen atoms in total. The highest BCUT2D eigenvalue weighted by Gasteiger charge is 1.51. The summed E-state index contributed by atoms with van der Waals surface area (Å²) in [5, 5.41) is 0. The van der Waals surface area contributed by atoms with E-state index >= 15 is 0 Å². The van der Waals surface area contributed by atoms with E-state index in [4.69, 9.17) is 0 Å². The van der Waals surface area contributed by atoms with Gasteiger partial charge in [0, 0.05) is 0 Å². The zero-order valence-corrected chi connectivity index (χ0v) is 4.22. The fraction of sp³-hybridized carbons (Fsp3) is 0. The average Bonchev–Trinajstić information content (AvgIpc) is 1.37. The maximum absolute atomic E-state index is 4.52. The molecule has 0 rings (SSSR count). The summed E-state index contributed by atoms with van der Waals surface area (Å²) in [6.07, 6.45) is 0. The van der Waals surface area contributed by atoms with Crippen LogP contribution in [0.25, 0.3) is 0 Å². The third-order valence-electron chi connectivity index (χ3n) is 0.0680. The number of hydrogen-bond donors (Lipinski definition) is 1. The Morgan fingerprint density at radius 1 is 2.00 bits per heavy atom. The fourth-order valence-electron chi connectivity index (χ4n) is 0. The van der Waals surface area contributed by atoms with E-state index in [1.165, 1.54) is 0 Å². The van der Waals surface area contributed by atoms with Crippen molar-refractivity contribution in [3.8, 4) is 0 Å². The fourth-order valence-corrected chi connectivity index (χ4v) is 0. The molecule has 2 N–H and O–H groups in total. The van der Waals surface area contributed by atoms with E-state index in [1.807, 2.05) is 0 Å². The number of hydrogen-bond acceptors (Lipinski definition) is 2. The molecule has 0 saturated heterocycles. The first-order valence-electron chi connectivity index (χ1n) is 0.729. The summed E-state index contributed by atoms with van der Waals surface area (Å²) in [6.45, 7) is 0. The van der Waals surface area contributed by atoms with Gasteiger partial charge in [0.25, 0.3) is 0 Å². The Kier molecular flexibility index (Phi) is 4.52. The molecule has 0 heterocycles. The maximum atomic E-state index is 4.52. The Morgan fingerprint density at radius 3 is 2.25 bits per heavy atom. The van der Waals surface area contributed by atoms with E-state index < -0.39 is 0 Å². The van der Waals surface area contributed by atoms with Crippen LogP contribution in [0.15, 0.2) is 0 Å². The second-order valence-electron chi connectivity index (χ2n) is 0.236. The van der Waals surface area contributed by atoms with Gasteiger partial charge in [-0.25, -0.2) is 5.90 Å². The van der Waals surface area contributed by atoms with Gasteiger partial charge < -0.3 is 0 Å². The van der Waals surface area contributed by atoms with E-state index in [2.05, 4.69) is 19.4 Å². The highest BCUT2D eigenvalue weighted by molar-refractivity contribution is 8.00. The van der Waals surface area contributed by atoms with Gasteiger partial charge in [0.05, 0.1) is 8.50 Å². The Balaban J connectivity index is 1.97. The quantitative estimate of drug-likeness (QED) is 0.376. The molecule has 0 aliphatic rings. The van der Waals surface area contributed by atoms with Crippen LogP contribution in [-0.2, 0) is 4.62 Å². The van der Waals surface area contributed by atoms with Crippen LogP contribution in [0.5, 0.6) is 0 Å². The van der Waals surface area contributed by atoms with Crippen LogP contribution in [-0.4, -0.2) is 0 Å². The normalized spacial score (nSPS) is 10.5. The van der Waals surface area contributed by atoms with Crippen molar-refractivity contribution < 1.29 is 4.62 Å². The van der Waals surface area contributed by atoms with Gasteiger partial charge >= 0.3 is 0 Å². The van der Waals surface area contributed by atoms with Crippen molar-refractivity contribution >= 4 is 17.4 Å². The van der Waals surface area contributed by atoms with Gasteiger partial charge in [0.2, 0.25) is 0 Å². The predicted octanol–water partition coefficient (Wildman–Crippen LogP) is 0.260. The molecule has 0 aliphatic heterocycles. The molecule has 0 aliphatic carbocycles. The lowest BCUT2D eigenvalue weighted by Crippen LogP contribution is -1.79. The van der Waals surface area contributed by atoms with Gasteiger partial charge in [-0.3, -0.25) is 4.62 Å². The molecule has 4 heavy (non-hydrogen) atoms. The van der Waals surface area contributed by atoms with E-state index in [1.54, 1.807) is 0 Å². The Morgan fingerprint density at radius 2 is 2.25 bits per heavy atom. The highest BCUT2D eigenvalue weighted by Crippen LogP contribution is 2.16. The third kappa shape index (κ3) is 2.78. The summed E-state index contributed by atoms with van der Waals surface area (Å²) in [7, 11) is 2.67. The molecule has 0 spiro atoms. The summed E-state index contributed by atoms with van der Waals surface area (Å²) in [6, 6.07) is 0. The Bertz CT molecular complexity index is 8.00. The smallest absolute Gasteiger partial charge is 0.0576 e. The second kappa shape index (κ2) is 3.78. The van der Waals surface area contributed by atoms with Crippen molar-refractivity contribution in [2.24, 2.45) is 5.90 Å². The van der Waals surface area contributed by atoms with Gasteiger partial charge in [-0.1, -0.05) is 8.93 Å². The molecular formula is H5NOP2. The molecule has 26 valence electrons. The lowest BCUT2D eigenvalue weighted by atomic mass is 13.6. The SMILES string of the molecule is NOPP. The summed E-state index contributed by atoms with van der Waals surface area (Å²) in [5.74, 6) is 4.52. The van der Waals surface area contributed by atoms with Crippen molar-refractivity contribution in [1.82, 2.24) is 0 Å². The standard InChI is InChI=1S/H5NOP2/c1-2-4-3/h4H,1,3H2. The van der Waals surface area contributed by atoms with E-state index in [-0.39, 0.29) is 0 Å². The molecule has 0 fully saturated rings. The molecule has 0 aromatic heterocycles. The molecule has 0 aromatic carbocycles. The molecule has 0 saturated carbocycles. The van der Waals surface area contributed by atoms with Crippen molar-refractivity contribution in [1.29, 1.82) is 0 Å². The molecule has 4 heteroatoms. The van der Waals surface area contributed by atoms with Crippen molar-refractivity contribution in [2.75, 3.05) is 0 Å². The van der Waals surface area contributed by atoms with Crippen LogP contribution in [0.3, 0.4) is 0 Å². The molecule has 0 aromatic rings. The third-order valence-corrected chi connectivity index (χ3v) is 0.612. The van der Waals surface area contributed by atoms with Gasteiger partial charge in [0.15, 0.2) is 0 Å². The summed E-state index contributed by atoms with van der Waals surface area (Å²) in [5.41, 5.74) is 0. The lowest BCUT2D eigenvalue weighted by molar-refractivity contribution is 0.393. The summed E-state index contributed by atoms with van der Waals surface area (Å²) >= 11 is 0. The van der Waals surface area contributed by atoms with Crippen LogP contribution < -0.4 is 5.90 Å². The summed E-state index contributed by atoms with van der Waals surface area (Å²) in [4.78, 5) is 0. The van der Waals surface area contributed by atoms with Crippen LogP contribution in [0.1, 0.15) is 0 Å². The first kappa shape index (κ1) is 4.78. The molecule has 2 atom stereocenters. The minimum Gasteiger partial charge on any atom is -0.282 e. The van der Waals surface area contributed by atoms with Crippen molar-refractivity contribution in [2.45, 2.75) is 0 Å². The van der Waals surface area contributed by atoms with E-state index in [0.29, 0.717) is 8.50 Å². The average molecular weight is 97.0 g/mol. The topological polar surface area (TPSA) is 35.2 Å². The first-order chi connectivity index (χ1) is 1.91. The molecule has 0 bridgehead atoms. The van der Waals surface area contributed by atoms with Gasteiger partial charge in [-0.05, 0) is 0 Å². The minimum atomic E-state index is 0.335. The Hall–Kier alpha value is 0.780. The van der Waals surface area contributed by atoms with E-state index in [0.717, 1.165) is 0 Å². The first-order valence-corrected chi connectivity index (χ1v) is 3.45. The highest BCUT2D eigenvalue weighted by atomic mass is 32.0. The molecule has 2 unspecified atom stereocenters. The largest absolute Gasteiger partial charge is 0.282 e. The minimum absolute atomic E-state index is 0.335. The van der Waals surface area contributed by atoms with Crippen LogP contribution in [0.4, 0.5) is 0 Å². The van der Waals surface area contributed by atoms with Crippen molar-refractivity contribution in [3.05, 3.63) is 0 Å². The van der Waals surface area contributed by atoms with Gasteiger partial charge in [-0.2, -0.15) is 0 Å². The Labute approximate surface area is 29.0 Å². The van der Waals surface area contributed by atoms with Crippen molar-refractivity contribution in [3.63, 3.8) is 0 Å². The maximum Gasteiger partial charge on any atom is 0.0576 e. The van der Waals surface area contributed by atoms with Gasteiger partial charge in [0.1, 0.15) is 0 Å². The zero-order valence-electron chi connectivity index (χ0n) is 2.06. The van der Waals surface area contributed by atoms with Crippen LogP contribution in [0, 0.1) is 0 Å². The molecular weight excluding hydrogens is 92.0 g/mol. The number of nitrogens with two attached hydrogens (primary N) is 1. The van der Waals surface area contributed by atoms with E-state index in [9.17, 15) is 0 Å². The zero-order chi connectivity index (χ0) is 3.41. The van der Waals surface area contributed by atoms with Crippen LogP contribution >= 0.6 is 17.4 Å². The monoisotopic (exact) mass is 97.0 g/mol. The summed E-state index contributed by atoms with van der Waals surface area (Å²) < 4.78 is 4.03. The molecule has 0 radical (unpaired) electrons. The van der Waals surface area contributed by atoms with Crippen LogP contribution in [0.2, 0.25) is 0 Å². The predicted molar refractivity (Wildman–Crippen MR) is 23.3 cm³/mol.